The molecule has 0 radical (unpaired) electrons. The highest BCUT2D eigenvalue weighted by Crippen LogP contribution is 2.31. The Morgan fingerprint density at radius 3 is 2.31 bits per heavy atom. The lowest BCUT2D eigenvalue weighted by Gasteiger charge is -2.35. The Labute approximate surface area is 202 Å². The molecule has 2 aromatic carbocycles. The minimum atomic E-state index is -5.30. The highest BCUT2D eigenvalue weighted by atomic mass is 19.4. The maximum atomic E-state index is 13.9. The lowest BCUT2D eigenvalue weighted by molar-refractivity contribution is -0.260. The molecule has 36 heavy (non-hydrogen) atoms. The standard InChI is InChI=1S/C23H22F5N5O3/c24-10-11-32(21(35)15-4-2-1-3-5-15)14-22(36,23(26,27)28)13-30-20(34)18-12-31-33(19(18)29)17-8-6-16(25)7-9-17/h1-9,12,36H,10-11,13-14,29H2,(H,30,34). The molecule has 0 bridgehead atoms. The number of hydrogen-bond acceptors (Lipinski definition) is 5. The largest absolute Gasteiger partial charge is 0.420 e. The van der Waals surface area contributed by atoms with Crippen LogP contribution in [0.2, 0.25) is 0 Å². The molecule has 0 fully saturated rings. The van der Waals surface area contributed by atoms with E-state index in [0.717, 1.165) is 23.0 Å². The molecule has 1 atom stereocenters. The van der Waals surface area contributed by atoms with Gasteiger partial charge in [-0.3, -0.25) is 9.59 Å². The van der Waals surface area contributed by atoms with Crippen LogP contribution in [-0.2, 0) is 0 Å². The quantitative estimate of drug-likeness (QED) is 0.383. The van der Waals surface area contributed by atoms with Crippen LogP contribution < -0.4 is 11.1 Å². The van der Waals surface area contributed by atoms with Crippen LogP contribution in [0.25, 0.3) is 5.69 Å². The number of carbonyl (C=O) groups excluding carboxylic acids is 2. The lowest BCUT2D eigenvalue weighted by atomic mass is 10.0. The zero-order valence-corrected chi connectivity index (χ0v) is 18.7. The van der Waals surface area contributed by atoms with E-state index in [1.807, 2.05) is 5.32 Å². The van der Waals surface area contributed by atoms with Gasteiger partial charge in [-0.15, -0.1) is 0 Å². The van der Waals surface area contributed by atoms with E-state index < -0.39 is 55.7 Å². The van der Waals surface area contributed by atoms with Gasteiger partial charge in [0.05, 0.1) is 25.0 Å². The summed E-state index contributed by atoms with van der Waals surface area (Å²) in [6.45, 7) is -4.56. The molecule has 2 amide bonds. The van der Waals surface area contributed by atoms with Crippen molar-refractivity contribution in [1.82, 2.24) is 20.0 Å². The van der Waals surface area contributed by atoms with E-state index in [1.165, 1.54) is 36.4 Å². The van der Waals surface area contributed by atoms with Gasteiger partial charge in [-0.2, -0.15) is 18.3 Å². The van der Waals surface area contributed by atoms with Crippen molar-refractivity contribution in [3.63, 3.8) is 0 Å². The van der Waals surface area contributed by atoms with Gasteiger partial charge >= 0.3 is 6.18 Å². The first-order chi connectivity index (χ1) is 17.0. The zero-order valence-electron chi connectivity index (χ0n) is 18.7. The van der Waals surface area contributed by atoms with Crippen LogP contribution in [-0.4, -0.2) is 69.7 Å². The first kappa shape index (κ1) is 26.6. The average Bonchev–Trinajstić information content (AvgIpc) is 3.23. The van der Waals surface area contributed by atoms with E-state index >= 15 is 0 Å². The molecular weight excluding hydrogens is 489 g/mol. The Morgan fingerprint density at radius 1 is 1.08 bits per heavy atom. The van der Waals surface area contributed by atoms with Crippen LogP contribution in [0.4, 0.5) is 27.8 Å². The highest BCUT2D eigenvalue weighted by molar-refractivity contribution is 5.98. The summed E-state index contributed by atoms with van der Waals surface area (Å²) in [6, 6.07) is 12.1. The Balaban J connectivity index is 1.79. The van der Waals surface area contributed by atoms with Gasteiger partial charge in [0.2, 0.25) is 0 Å². The molecule has 0 saturated carbocycles. The van der Waals surface area contributed by atoms with Crippen LogP contribution >= 0.6 is 0 Å². The Bertz CT molecular complexity index is 1200. The number of anilines is 1. The van der Waals surface area contributed by atoms with Crippen molar-refractivity contribution < 1.29 is 36.6 Å². The number of benzene rings is 2. The fourth-order valence-corrected chi connectivity index (χ4v) is 3.32. The lowest BCUT2D eigenvalue weighted by Crippen LogP contribution is -2.60. The maximum absolute atomic E-state index is 13.9. The number of nitrogen functional groups attached to an aromatic ring is 1. The predicted molar refractivity (Wildman–Crippen MR) is 120 cm³/mol. The predicted octanol–water partition coefficient (Wildman–Crippen LogP) is 2.73. The molecule has 1 unspecified atom stereocenters. The number of nitrogens with zero attached hydrogens (tertiary/aromatic N) is 3. The summed E-state index contributed by atoms with van der Waals surface area (Å²) in [6.07, 6.45) is -4.30. The van der Waals surface area contributed by atoms with Crippen LogP contribution in [0.3, 0.4) is 0 Å². The van der Waals surface area contributed by atoms with E-state index in [9.17, 15) is 36.6 Å². The molecule has 3 rings (SSSR count). The average molecular weight is 511 g/mol. The number of amides is 2. The number of aliphatic hydroxyl groups is 1. The number of hydrogen-bond donors (Lipinski definition) is 3. The molecule has 13 heteroatoms. The van der Waals surface area contributed by atoms with Crippen LogP contribution in [0, 0.1) is 5.82 Å². The molecule has 0 saturated heterocycles. The van der Waals surface area contributed by atoms with E-state index in [2.05, 4.69) is 5.10 Å². The smallest absolute Gasteiger partial charge is 0.383 e. The van der Waals surface area contributed by atoms with Crippen LogP contribution in [0.5, 0.6) is 0 Å². The zero-order chi connectivity index (χ0) is 26.5. The molecular formula is C23H22F5N5O3. The molecule has 0 aliphatic heterocycles. The third-order valence-electron chi connectivity index (χ3n) is 5.31. The van der Waals surface area contributed by atoms with E-state index in [0.29, 0.717) is 10.6 Å². The van der Waals surface area contributed by atoms with Crippen LogP contribution in [0.1, 0.15) is 20.7 Å². The van der Waals surface area contributed by atoms with Crippen molar-refractivity contribution in [2.75, 3.05) is 32.0 Å². The minimum Gasteiger partial charge on any atom is -0.383 e. The maximum Gasteiger partial charge on any atom is 0.420 e. The fourth-order valence-electron chi connectivity index (χ4n) is 3.32. The van der Waals surface area contributed by atoms with E-state index in [4.69, 9.17) is 5.73 Å². The highest BCUT2D eigenvalue weighted by Gasteiger charge is 2.55. The van der Waals surface area contributed by atoms with Gasteiger partial charge in [0.15, 0.2) is 5.60 Å². The summed E-state index contributed by atoms with van der Waals surface area (Å²) in [5.74, 6) is -2.78. The van der Waals surface area contributed by atoms with E-state index in [-0.39, 0.29) is 16.9 Å². The minimum absolute atomic E-state index is 0.000455. The van der Waals surface area contributed by atoms with Crippen molar-refractivity contribution in [3.8, 4) is 5.69 Å². The first-order valence-electron chi connectivity index (χ1n) is 10.5. The second-order valence-electron chi connectivity index (χ2n) is 7.83. The van der Waals surface area contributed by atoms with Gasteiger partial charge in [-0.25, -0.2) is 13.5 Å². The van der Waals surface area contributed by atoms with Gasteiger partial charge in [0.1, 0.15) is 23.9 Å². The Kier molecular flexibility index (Phi) is 7.93. The number of halogens is 5. The molecule has 1 heterocycles. The summed E-state index contributed by atoms with van der Waals surface area (Å²) < 4.78 is 68.9. The number of nitrogens with one attached hydrogen (secondary N) is 1. The second kappa shape index (κ2) is 10.7. The van der Waals surface area contributed by atoms with Crippen molar-refractivity contribution >= 4 is 17.6 Å². The number of alkyl halides is 4. The topological polar surface area (TPSA) is 113 Å². The summed E-state index contributed by atoms with van der Waals surface area (Å²) in [4.78, 5) is 25.7. The van der Waals surface area contributed by atoms with Gasteiger partial charge in [0, 0.05) is 12.1 Å². The monoisotopic (exact) mass is 511 g/mol. The van der Waals surface area contributed by atoms with Gasteiger partial charge in [-0.1, -0.05) is 18.2 Å². The first-order valence-corrected chi connectivity index (χ1v) is 10.5. The number of aromatic nitrogens is 2. The molecule has 1 aromatic heterocycles. The molecule has 0 aliphatic carbocycles. The third-order valence-corrected chi connectivity index (χ3v) is 5.31. The molecule has 0 aliphatic rings. The summed E-state index contributed by atoms with van der Waals surface area (Å²) in [7, 11) is 0. The number of nitrogens with two attached hydrogens (primary N) is 1. The van der Waals surface area contributed by atoms with Gasteiger partial charge in [0.25, 0.3) is 11.8 Å². The van der Waals surface area contributed by atoms with Crippen molar-refractivity contribution in [2.45, 2.75) is 11.8 Å². The Hall–Kier alpha value is -4.00. The summed E-state index contributed by atoms with van der Waals surface area (Å²) in [5, 5.41) is 16.3. The van der Waals surface area contributed by atoms with Crippen molar-refractivity contribution in [1.29, 1.82) is 0 Å². The summed E-state index contributed by atoms with van der Waals surface area (Å²) >= 11 is 0. The number of carbonyl (C=O) groups is 2. The van der Waals surface area contributed by atoms with Crippen LogP contribution in [0.15, 0.2) is 60.8 Å². The molecule has 4 N–H and O–H groups in total. The number of rotatable bonds is 9. The molecule has 8 nitrogen and oxygen atoms in total. The van der Waals surface area contributed by atoms with Gasteiger partial charge in [-0.05, 0) is 36.4 Å². The SMILES string of the molecule is Nc1c(C(=O)NCC(O)(CN(CCF)C(=O)c2ccccc2)C(F)(F)F)cnn1-c1ccc(F)cc1. The van der Waals surface area contributed by atoms with E-state index in [1.54, 1.807) is 6.07 Å². The molecule has 3 aromatic rings. The van der Waals surface area contributed by atoms with Crippen molar-refractivity contribution in [2.24, 2.45) is 0 Å². The third kappa shape index (κ3) is 5.79. The normalized spacial score (nSPS) is 13.2. The second-order valence-corrected chi connectivity index (χ2v) is 7.83. The molecule has 192 valence electrons. The fraction of sp³-hybridized carbons (Fsp3) is 0.261. The van der Waals surface area contributed by atoms with Gasteiger partial charge < -0.3 is 21.1 Å². The molecule has 0 spiro atoms. The Morgan fingerprint density at radius 2 is 1.72 bits per heavy atom. The van der Waals surface area contributed by atoms with Crippen molar-refractivity contribution in [3.05, 3.63) is 77.7 Å². The summed E-state index contributed by atoms with van der Waals surface area (Å²) in [5.41, 5.74) is 2.28.